The monoisotopic (exact) mass is 426 g/mol. The minimum Gasteiger partial charge on any atom is -0.472 e. The lowest BCUT2D eigenvalue weighted by Crippen LogP contribution is -2.23. The van der Waals surface area contributed by atoms with Crippen molar-refractivity contribution in [1.29, 1.82) is 0 Å². The molecule has 4 rings (SSSR count). The van der Waals surface area contributed by atoms with E-state index in [2.05, 4.69) is 30.9 Å². The standard InChI is InChI=1S/C17H16N4O2.C4H10.2C2H6/c1-11(9-18)22-17-7-6-16-19-10-13(21(16)20-17)15-8-12-4-2-3-5-14(12)23-15;1-4(2)3;2*1-2/h2-8,10-11H,9,18H2,1H3;4H,1-3H3;2*1-2H3. The fourth-order valence-corrected chi connectivity index (χ4v) is 2.45. The third-order valence-electron chi connectivity index (χ3n) is 3.67. The Morgan fingerprint density at radius 3 is 2.26 bits per heavy atom. The van der Waals surface area contributed by atoms with Gasteiger partial charge in [0.25, 0.3) is 0 Å². The van der Waals surface area contributed by atoms with Gasteiger partial charge >= 0.3 is 0 Å². The molecule has 6 nitrogen and oxygen atoms in total. The number of fused-ring (bicyclic) bond motifs is 2. The average molecular weight is 427 g/mol. The Bertz CT molecular complexity index is 985. The summed E-state index contributed by atoms with van der Waals surface area (Å²) in [5.41, 5.74) is 7.93. The number of nitrogens with zero attached hydrogens (tertiary/aromatic N) is 3. The van der Waals surface area contributed by atoms with Gasteiger partial charge in [-0.3, -0.25) is 0 Å². The van der Waals surface area contributed by atoms with Gasteiger partial charge in [0.1, 0.15) is 17.4 Å². The molecule has 1 unspecified atom stereocenters. The predicted octanol–water partition coefficient (Wildman–Crippen LogP) is 6.58. The highest BCUT2D eigenvalue weighted by Gasteiger charge is 2.13. The summed E-state index contributed by atoms with van der Waals surface area (Å²) in [7, 11) is 0. The summed E-state index contributed by atoms with van der Waals surface area (Å²) >= 11 is 0. The molecule has 3 heterocycles. The normalized spacial score (nSPS) is 11.0. The number of aromatic nitrogens is 3. The molecule has 0 saturated carbocycles. The molecule has 6 heteroatoms. The molecular weight excluding hydrogens is 388 g/mol. The van der Waals surface area contributed by atoms with Gasteiger partial charge in [0.15, 0.2) is 11.4 Å². The number of rotatable bonds is 4. The first kappa shape index (κ1) is 26.2. The van der Waals surface area contributed by atoms with E-state index in [9.17, 15) is 0 Å². The molecule has 0 aliphatic carbocycles. The second-order valence-electron chi connectivity index (χ2n) is 7.13. The van der Waals surface area contributed by atoms with Crippen molar-refractivity contribution in [2.45, 2.75) is 61.5 Å². The zero-order chi connectivity index (χ0) is 23.4. The Hall–Kier alpha value is -2.86. The Kier molecular flexibility index (Phi) is 11.4. The van der Waals surface area contributed by atoms with E-state index in [4.69, 9.17) is 14.9 Å². The molecule has 0 radical (unpaired) electrons. The molecule has 0 saturated heterocycles. The van der Waals surface area contributed by atoms with Crippen LogP contribution in [0.3, 0.4) is 0 Å². The van der Waals surface area contributed by atoms with Crippen LogP contribution in [0.25, 0.3) is 28.1 Å². The number of hydrogen-bond acceptors (Lipinski definition) is 5. The minimum absolute atomic E-state index is 0.0990. The van der Waals surface area contributed by atoms with E-state index in [0.717, 1.165) is 34.0 Å². The van der Waals surface area contributed by atoms with E-state index in [1.165, 1.54) is 0 Å². The molecular formula is C25H38N4O2. The van der Waals surface area contributed by atoms with Crippen LogP contribution < -0.4 is 10.5 Å². The van der Waals surface area contributed by atoms with Crippen molar-refractivity contribution in [2.24, 2.45) is 11.7 Å². The topological polar surface area (TPSA) is 78.6 Å². The molecule has 31 heavy (non-hydrogen) atoms. The van der Waals surface area contributed by atoms with E-state index in [1.807, 2.05) is 71.0 Å². The number of furan rings is 1. The molecule has 4 aromatic rings. The smallest absolute Gasteiger partial charge is 0.232 e. The number of nitrogens with two attached hydrogens (primary N) is 1. The first-order valence-corrected chi connectivity index (χ1v) is 11.2. The van der Waals surface area contributed by atoms with Crippen molar-refractivity contribution < 1.29 is 9.15 Å². The van der Waals surface area contributed by atoms with Crippen LogP contribution in [0.5, 0.6) is 5.88 Å². The summed E-state index contributed by atoms with van der Waals surface area (Å²) in [6.45, 7) is 16.8. The second kappa shape index (κ2) is 13.4. The van der Waals surface area contributed by atoms with Crippen LogP contribution >= 0.6 is 0 Å². The summed E-state index contributed by atoms with van der Waals surface area (Å²) < 4.78 is 13.3. The molecule has 170 valence electrons. The van der Waals surface area contributed by atoms with Crippen LogP contribution in [0.1, 0.15) is 55.4 Å². The highest BCUT2D eigenvalue weighted by molar-refractivity contribution is 5.82. The quantitative estimate of drug-likeness (QED) is 0.398. The van der Waals surface area contributed by atoms with E-state index in [0.29, 0.717) is 12.4 Å². The third-order valence-corrected chi connectivity index (χ3v) is 3.67. The molecule has 0 spiro atoms. The summed E-state index contributed by atoms with van der Waals surface area (Å²) in [6, 6.07) is 13.5. The highest BCUT2D eigenvalue weighted by atomic mass is 16.5. The Morgan fingerprint density at radius 2 is 1.65 bits per heavy atom. The number of ether oxygens (including phenoxy) is 1. The van der Waals surface area contributed by atoms with Crippen LogP contribution in [0, 0.1) is 5.92 Å². The van der Waals surface area contributed by atoms with Crippen molar-refractivity contribution in [2.75, 3.05) is 6.54 Å². The SMILES string of the molecule is CC.CC.CC(C)C.CC(CN)Oc1ccc2ncc(-c3cc4ccccc4o3)n2n1. The zero-order valence-corrected chi connectivity index (χ0v) is 20.2. The lowest BCUT2D eigenvalue weighted by Gasteiger charge is -2.11. The zero-order valence-electron chi connectivity index (χ0n) is 20.2. The average Bonchev–Trinajstić information content (AvgIpc) is 3.39. The van der Waals surface area contributed by atoms with E-state index >= 15 is 0 Å². The van der Waals surface area contributed by atoms with Crippen molar-refractivity contribution in [3.8, 4) is 17.3 Å². The van der Waals surface area contributed by atoms with E-state index in [-0.39, 0.29) is 6.10 Å². The summed E-state index contributed by atoms with van der Waals surface area (Å²) in [5, 5.41) is 5.53. The number of hydrogen-bond donors (Lipinski definition) is 1. The molecule has 0 aliphatic heterocycles. The van der Waals surface area contributed by atoms with Gasteiger partial charge in [-0.1, -0.05) is 66.7 Å². The van der Waals surface area contributed by atoms with Crippen molar-refractivity contribution in [3.05, 3.63) is 48.7 Å². The maximum absolute atomic E-state index is 5.90. The van der Waals surface area contributed by atoms with Crippen LogP contribution in [0.2, 0.25) is 0 Å². The second-order valence-corrected chi connectivity index (χ2v) is 7.13. The van der Waals surface area contributed by atoms with Crippen LogP contribution in [-0.2, 0) is 0 Å². The fourth-order valence-electron chi connectivity index (χ4n) is 2.45. The third kappa shape index (κ3) is 7.40. The van der Waals surface area contributed by atoms with Gasteiger partial charge in [0.05, 0.1) is 6.20 Å². The maximum atomic E-state index is 5.90. The molecule has 2 N–H and O–H groups in total. The Balaban J connectivity index is 0.000000532. The molecule has 0 aliphatic rings. The minimum atomic E-state index is -0.0990. The molecule has 0 bridgehead atoms. The number of imidazole rings is 1. The predicted molar refractivity (Wildman–Crippen MR) is 131 cm³/mol. The van der Waals surface area contributed by atoms with Gasteiger partial charge in [-0.25, -0.2) is 9.50 Å². The largest absolute Gasteiger partial charge is 0.472 e. The number of para-hydroxylation sites is 1. The first-order chi connectivity index (χ1) is 15.0. The molecule has 0 fully saturated rings. The van der Waals surface area contributed by atoms with Crippen molar-refractivity contribution in [3.63, 3.8) is 0 Å². The highest BCUT2D eigenvalue weighted by Crippen LogP contribution is 2.28. The summed E-state index contributed by atoms with van der Waals surface area (Å²) in [4.78, 5) is 4.37. The Labute approximate surface area is 186 Å². The summed E-state index contributed by atoms with van der Waals surface area (Å²) in [5.74, 6) is 2.06. The van der Waals surface area contributed by atoms with Gasteiger partial charge in [-0.15, -0.1) is 5.10 Å². The molecule has 1 atom stereocenters. The number of benzene rings is 1. The van der Waals surface area contributed by atoms with Gasteiger partial charge < -0.3 is 14.9 Å². The maximum Gasteiger partial charge on any atom is 0.232 e. The van der Waals surface area contributed by atoms with E-state index < -0.39 is 0 Å². The van der Waals surface area contributed by atoms with Crippen LogP contribution in [0.15, 0.2) is 53.1 Å². The lowest BCUT2D eigenvalue weighted by molar-refractivity contribution is 0.217. The van der Waals surface area contributed by atoms with Crippen LogP contribution in [-0.4, -0.2) is 27.2 Å². The fraction of sp³-hybridized carbons (Fsp3) is 0.440. The molecule has 0 amide bonds. The van der Waals surface area contributed by atoms with Crippen molar-refractivity contribution >= 4 is 16.6 Å². The van der Waals surface area contributed by atoms with Crippen LogP contribution in [0.4, 0.5) is 0 Å². The van der Waals surface area contributed by atoms with Gasteiger partial charge in [0.2, 0.25) is 5.88 Å². The van der Waals surface area contributed by atoms with Crippen molar-refractivity contribution in [1.82, 2.24) is 14.6 Å². The summed E-state index contributed by atoms with van der Waals surface area (Å²) in [6.07, 6.45) is 1.65. The van der Waals surface area contributed by atoms with Gasteiger partial charge in [0, 0.05) is 18.0 Å². The molecule has 1 aromatic carbocycles. The van der Waals surface area contributed by atoms with Gasteiger partial charge in [-0.2, -0.15) is 0 Å². The van der Waals surface area contributed by atoms with E-state index in [1.54, 1.807) is 16.8 Å². The Morgan fingerprint density at radius 1 is 1.00 bits per heavy atom. The first-order valence-electron chi connectivity index (χ1n) is 11.2. The lowest BCUT2D eigenvalue weighted by atomic mass is 10.2. The molecule has 3 aromatic heterocycles. The van der Waals surface area contributed by atoms with Gasteiger partial charge in [-0.05, 0) is 31.0 Å².